The molecule has 18 heavy (non-hydrogen) atoms. The minimum atomic E-state index is -0.313. The van der Waals surface area contributed by atoms with Crippen molar-refractivity contribution in [2.45, 2.75) is 13.0 Å². The van der Waals surface area contributed by atoms with Crippen molar-refractivity contribution in [1.82, 2.24) is 5.32 Å². The first-order valence-electron chi connectivity index (χ1n) is 6.06. The van der Waals surface area contributed by atoms with E-state index in [0.717, 1.165) is 11.3 Å². The molecule has 1 saturated heterocycles. The summed E-state index contributed by atoms with van der Waals surface area (Å²) >= 11 is 0. The molecule has 1 atom stereocenters. The highest BCUT2D eigenvalue weighted by Gasteiger charge is 2.30. The Labute approximate surface area is 107 Å². The van der Waals surface area contributed by atoms with Crippen molar-refractivity contribution in [1.29, 1.82) is 0 Å². The Bertz CT molecular complexity index is 428. The van der Waals surface area contributed by atoms with Gasteiger partial charge >= 0.3 is 0 Å². The molecule has 1 aromatic rings. The smallest absolute Gasteiger partial charge is 0.244 e. The molecule has 0 saturated carbocycles. The van der Waals surface area contributed by atoms with Crippen LogP contribution >= 0.6 is 0 Å². The first-order valence-corrected chi connectivity index (χ1v) is 6.06. The average Bonchev–Trinajstić information content (AvgIpc) is 2.38. The zero-order chi connectivity index (χ0) is 13.1. The number of aryl methyl sites for hydroxylation is 1. The molecule has 0 aromatic heterocycles. The zero-order valence-electron chi connectivity index (χ0n) is 10.8. The monoisotopic (exact) mass is 249 g/mol. The van der Waals surface area contributed by atoms with E-state index in [9.17, 15) is 4.79 Å². The second-order valence-electron chi connectivity index (χ2n) is 4.41. The number of anilines is 2. The fourth-order valence-electron chi connectivity index (χ4n) is 2.33. The molecule has 5 heteroatoms. The fraction of sp³-hybridized carbons (Fsp3) is 0.462. The van der Waals surface area contributed by atoms with Gasteiger partial charge in [0, 0.05) is 13.6 Å². The quantitative estimate of drug-likeness (QED) is 0.750. The molecule has 3 N–H and O–H groups in total. The minimum Gasteiger partial charge on any atom is -0.397 e. The molecular formula is C13H19N3O2. The number of nitrogens with two attached hydrogens (primary N) is 1. The lowest BCUT2D eigenvalue weighted by Gasteiger charge is -2.37. The van der Waals surface area contributed by atoms with E-state index < -0.39 is 0 Å². The second kappa shape index (κ2) is 5.27. The van der Waals surface area contributed by atoms with Crippen LogP contribution in [0.1, 0.15) is 5.56 Å². The molecule has 1 aliphatic rings. The highest BCUT2D eigenvalue weighted by Crippen LogP contribution is 2.30. The molecule has 1 heterocycles. The molecule has 1 fully saturated rings. The van der Waals surface area contributed by atoms with Crippen LogP contribution in [0.2, 0.25) is 0 Å². The highest BCUT2D eigenvalue weighted by atomic mass is 16.5. The molecule has 0 radical (unpaired) electrons. The van der Waals surface area contributed by atoms with Gasteiger partial charge in [-0.05, 0) is 18.6 Å². The van der Waals surface area contributed by atoms with Crippen LogP contribution in [0.15, 0.2) is 18.2 Å². The maximum absolute atomic E-state index is 11.9. The van der Waals surface area contributed by atoms with Crippen molar-refractivity contribution in [3.8, 4) is 0 Å². The Hall–Kier alpha value is -1.75. The SMILES string of the molecule is CNC(=O)C1COCCN1c1c(C)cccc1N. The van der Waals surface area contributed by atoms with Crippen LogP contribution in [0.4, 0.5) is 11.4 Å². The molecule has 5 nitrogen and oxygen atoms in total. The Morgan fingerprint density at radius 2 is 2.33 bits per heavy atom. The van der Waals surface area contributed by atoms with E-state index in [1.807, 2.05) is 30.0 Å². The number of rotatable bonds is 2. The molecule has 0 bridgehead atoms. The van der Waals surface area contributed by atoms with E-state index in [0.29, 0.717) is 25.4 Å². The molecule has 98 valence electrons. The van der Waals surface area contributed by atoms with Gasteiger partial charge in [-0.15, -0.1) is 0 Å². The largest absolute Gasteiger partial charge is 0.397 e. The number of hydrogen-bond acceptors (Lipinski definition) is 4. The summed E-state index contributed by atoms with van der Waals surface area (Å²) in [4.78, 5) is 13.9. The predicted molar refractivity (Wildman–Crippen MR) is 71.6 cm³/mol. The Kier molecular flexibility index (Phi) is 3.72. The van der Waals surface area contributed by atoms with Gasteiger partial charge in [0.15, 0.2) is 0 Å². The third kappa shape index (κ3) is 2.26. The van der Waals surface area contributed by atoms with Crippen LogP contribution in [0.5, 0.6) is 0 Å². The molecule has 1 amide bonds. The van der Waals surface area contributed by atoms with Crippen molar-refractivity contribution >= 4 is 17.3 Å². The standard InChI is InChI=1S/C13H19N3O2/c1-9-4-3-5-10(14)12(9)16-6-7-18-8-11(16)13(17)15-2/h3-5,11H,6-8,14H2,1-2H3,(H,15,17). The van der Waals surface area contributed by atoms with E-state index in [1.54, 1.807) is 7.05 Å². The fourth-order valence-corrected chi connectivity index (χ4v) is 2.33. The van der Waals surface area contributed by atoms with Crippen LogP contribution in [0.25, 0.3) is 0 Å². The van der Waals surface area contributed by atoms with Gasteiger partial charge in [-0.3, -0.25) is 4.79 Å². The Balaban J connectivity index is 2.37. The van der Waals surface area contributed by atoms with Gasteiger partial charge in [0.25, 0.3) is 0 Å². The highest BCUT2D eigenvalue weighted by molar-refractivity contribution is 5.87. The maximum atomic E-state index is 11.9. The van der Waals surface area contributed by atoms with Gasteiger partial charge in [0.1, 0.15) is 6.04 Å². The Morgan fingerprint density at radius 1 is 1.56 bits per heavy atom. The summed E-state index contributed by atoms with van der Waals surface area (Å²) in [5.74, 6) is -0.0441. The molecule has 0 aliphatic carbocycles. The van der Waals surface area contributed by atoms with Gasteiger partial charge < -0.3 is 20.7 Å². The number of nitrogens with one attached hydrogen (secondary N) is 1. The summed E-state index contributed by atoms with van der Waals surface area (Å²) in [6, 6.07) is 5.47. The summed E-state index contributed by atoms with van der Waals surface area (Å²) in [5.41, 5.74) is 8.76. The number of ether oxygens (including phenoxy) is 1. The van der Waals surface area contributed by atoms with Gasteiger partial charge in [-0.25, -0.2) is 0 Å². The maximum Gasteiger partial charge on any atom is 0.244 e. The number of morpholine rings is 1. The molecule has 1 aromatic carbocycles. The third-order valence-corrected chi connectivity index (χ3v) is 3.23. The van der Waals surface area contributed by atoms with Gasteiger partial charge in [0.05, 0.1) is 24.6 Å². The topological polar surface area (TPSA) is 67.6 Å². The second-order valence-corrected chi connectivity index (χ2v) is 4.41. The van der Waals surface area contributed by atoms with Crippen LogP contribution in [-0.2, 0) is 9.53 Å². The number of carbonyl (C=O) groups is 1. The molecular weight excluding hydrogens is 230 g/mol. The van der Waals surface area contributed by atoms with Crippen molar-refractivity contribution in [2.24, 2.45) is 0 Å². The third-order valence-electron chi connectivity index (χ3n) is 3.23. The zero-order valence-corrected chi connectivity index (χ0v) is 10.8. The summed E-state index contributed by atoms with van der Waals surface area (Å²) in [5, 5.41) is 2.67. The number of likely N-dealkylation sites (N-methyl/N-ethyl adjacent to an activating group) is 1. The summed E-state index contributed by atoms with van der Waals surface area (Å²) in [7, 11) is 1.64. The molecule has 2 rings (SSSR count). The normalized spacial score (nSPS) is 19.7. The first-order chi connectivity index (χ1) is 8.65. The number of para-hydroxylation sites is 1. The van der Waals surface area contributed by atoms with E-state index in [4.69, 9.17) is 10.5 Å². The number of carbonyl (C=O) groups excluding carboxylic acids is 1. The summed E-state index contributed by atoms with van der Waals surface area (Å²) < 4.78 is 5.39. The van der Waals surface area contributed by atoms with E-state index in [1.165, 1.54) is 0 Å². The lowest BCUT2D eigenvalue weighted by atomic mass is 10.1. The van der Waals surface area contributed by atoms with Crippen LogP contribution in [-0.4, -0.2) is 38.8 Å². The summed E-state index contributed by atoms with van der Waals surface area (Å²) in [6.07, 6.45) is 0. The van der Waals surface area contributed by atoms with Gasteiger partial charge in [0.2, 0.25) is 5.91 Å². The molecule has 0 spiro atoms. The average molecular weight is 249 g/mol. The summed E-state index contributed by atoms with van der Waals surface area (Å²) in [6.45, 7) is 3.68. The number of nitrogens with zero attached hydrogens (tertiary/aromatic N) is 1. The van der Waals surface area contributed by atoms with Gasteiger partial charge in [-0.1, -0.05) is 12.1 Å². The van der Waals surface area contributed by atoms with E-state index in [2.05, 4.69) is 5.32 Å². The van der Waals surface area contributed by atoms with Crippen LogP contribution < -0.4 is 16.0 Å². The number of nitrogen functional groups attached to an aromatic ring is 1. The van der Waals surface area contributed by atoms with E-state index >= 15 is 0 Å². The van der Waals surface area contributed by atoms with E-state index in [-0.39, 0.29) is 11.9 Å². The van der Waals surface area contributed by atoms with Crippen molar-refractivity contribution in [3.05, 3.63) is 23.8 Å². The van der Waals surface area contributed by atoms with Crippen LogP contribution in [0.3, 0.4) is 0 Å². The molecule has 1 aliphatic heterocycles. The minimum absolute atomic E-state index is 0.0441. The number of amides is 1. The number of hydrogen-bond donors (Lipinski definition) is 2. The number of benzene rings is 1. The van der Waals surface area contributed by atoms with Crippen molar-refractivity contribution in [2.75, 3.05) is 37.4 Å². The van der Waals surface area contributed by atoms with Crippen molar-refractivity contribution < 1.29 is 9.53 Å². The first kappa shape index (κ1) is 12.7. The lowest BCUT2D eigenvalue weighted by molar-refractivity contribution is -0.124. The van der Waals surface area contributed by atoms with Gasteiger partial charge in [-0.2, -0.15) is 0 Å². The van der Waals surface area contributed by atoms with Crippen molar-refractivity contribution in [3.63, 3.8) is 0 Å². The Morgan fingerprint density at radius 3 is 3.00 bits per heavy atom. The van der Waals surface area contributed by atoms with Crippen LogP contribution in [0, 0.1) is 6.92 Å². The predicted octanol–water partition coefficient (Wildman–Crippen LogP) is 0.528. The molecule has 1 unspecified atom stereocenters. The lowest BCUT2D eigenvalue weighted by Crippen LogP contribution is -2.53.